The fraction of sp³-hybridized carbons (Fsp3) is 0.471. The second kappa shape index (κ2) is 11.3. The van der Waals surface area contributed by atoms with Crippen LogP contribution in [0.25, 0.3) is 0 Å². The van der Waals surface area contributed by atoms with Crippen molar-refractivity contribution in [1.82, 2.24) is 4.90 Å². The molecule has 0 aliphatic rings. The summed E-state index contributed by atoms with van der Waals surface area (Å²) >= 11 is 0. The number of carbonyl (C=O) groups is 1. The average molecular weight is 335 g/mol. The molecule has 0 spiro atoms. The van der Waals surface area contributed by atoms with E-state index in [9.17, 15) is 18.0 Å². The Morgan fingerprint density at radius 2 is 1.79 bits per heavy atom. The van der Waals surface area contributed by atoms with E-state index < -0.39 is 12.6 Å². The van der Waals surface area contributed by atoms with Gasteiger partial charge in [-0.1, -0.05) is 24.2 Å². The predicted octanol–water partition coefficient (Wildman–Crippen LogP) is 1.77. The quantitative estimate of drug-likeness (QED) is 0.459. The van der Waals surface area contributed by atoms with Crippen LogP contribution in [0.4, 0.5) is 18.9 Å². The normalized spacial score (nSPS) is 10.2. The van der Waals surface area contributed by atoms with Gasteiger partial charge in [0.1, 0.15) is 0 Å². The first-order valence-electron chi connectivity index (χ1n) is 7.21. The molecule has 0 N–H and O–H groups in total. The fourth-order valence-electron chi connectivity index (χ4n) is 2.00. The van der Waals surface area contributed by atoms with Crippen molar-refractivity contribution in [2.75, 3.05) is 13.6 Å². The molecule has 130 valence electrons. The van der Waals surface area contributed by atoms with E-state index in [2.05, 4.69) is 11.9 Å². The zero-order chi connectivity index (χ0) is 18.2. The van der Waals surface area contributed by atoms with Crippen LogP contribution in [0.1, 0.15) is 41.3 Å². The molecule has 0 fully saturated rings. The Bertz CT molecular complexity index is 545. The fourth-order valence-corrected chi connectivity index (χ4v) is 2.00. The summed E-state index contributed by atoms with van der Waals surface area (Å²) in [7, 11) is 1.49. The maximum Gasteiger partial charge on any atom is 1.00 e. The van der Waals surface area contributed by atoms with Crippen molar-refractivity contribution in [2.45, 2.75) is 39.8 Å². The minimum Gasteiger partial charge on any atom is -0.459 e. The summed E-state index contributed by atoms with van der Waals surface area (Å²) in [4.78, 5) is 17.2. The number of hydrogen-bond donors (Lipinski definition) is 0. The molecule has 0 radical (unpaired) electrons. The Morgan fingerprint density at radius 3 is 2.25 bits per heavy atom. The summed E-state index contributed by atoms with van der Waals surface area (Å²) in [6.07, 6.45) is -5.20. The number of rotatable bonds is 5. The Balaban J connectivity index is 0. The molecule has 0 bridgehead atoms. The molecule has 0 saturated carbocycles. The molecule has 0 saturated heterocycles. The van der Waals surface area contributed by atoms with Gasteiger partial charge in [0.25, 0.3) is 5.91 Å². The summed E-state index contributed by atoms with van der Waals surface area (Å²) in [6, 6.07) is 3.22. The van der Waals surface area contributed by atoms with Crippen molar-refractivity contribution in [3.05, 3.63) is 35.7 Å². The van der Waals surface area contributed by atoms with E-state index >= 15 is 0 Å². The predicted molar refractivity (Wildman–Crippen MR) is 87.3 cm³/mol. The molecule has 0 atom stereocenters. The monoisotopic (exact) mass is 335 g/mol. The van der Waals surface area contributed by atoms with Crippen LogP contribution in [-0.2, 0) is 0 Å². The molecule has 3 nitrogen and oxygen atoms in total. The second-order valence-corrected chi connectivity index (χ2v) is 4.96. The van der Waals surface area contributed by atoms with Crippen molar-refractivity contribution in [3.8, 4) is 0 Å². The van der Waals surface area contributed by atoms with E-state index in [1.807, 2.05) is 0 Å². The maximum atomic E-state index is 12.3. The van der Waals surface area contributed by atoms with Gasteiger partial charge in [-0.05, 0) is 13.3 Å². The van der Waals surface area contributed by atoms with Crippen molar-refractivity contribution >= 4 is 18.3 Å². The van der Waals surface area contributed by atoms with Gasteiger partial charge in [0.2, 0.25) is 0 Å². The van der Waals surface area contributed by atoms with Gasteiger partial charge < -0.3 is 16.8 Å². The average Bonchev–Trinajstić information content (AvgIpc) is 2.50. The number of hydrogen-bond acceptors (Lipinski definition) is 2. The number of halogens is 3. The molecule has 0 heterocycles. The van der Waals surface area contributed by atoms with Crippen molar-refractivity contribution in [1.29, 1.82) is 0 Å². The minimum atomic E-state index is -4.19. The molecule has 1 rings (SSSR count). The summed E-state index contributed by atoms with van der Waals surface area (Å²) in [6.45, 7) is 13.8. The molecule has 1 aromatic rings. The first-order valence-corrected chi connectivity index (χ1v) is 7.21. The van der Waals surface area contributed by atoms with Gasteiger partial charge in [-0.3, -0.25) is 4.79 Å². The Kier molecular flexibility index (Phi) is 11.8. The Morgan fingerprint density at radius 1 is 1.25 bits per heavy atom. The summed E-state index contributed by atoms with van der Waals surface area (Å²) < 4.78 is 36.3. The summed E-state index contributed by atoms with van der Waals surface area (Å²) in [5.74, 6) is -0.304. The molecule has 7 heteroatoms. The van der Waals surface area contributed by atoms with Gasteiger partial charge >= 0.3 is 25.0 Å². The second-order valence-electron chi connectivity index (χ2n) is 4.96. The number of nitrogens with zero attached hydrogens (tertiary/aromatic N) is 2. The smallest absolute Gasteiger partial charge is 0.459 e. The molecule has 0 unspecified atom stereocenters. The summed E-state index contributed by atoms with van der Waals surface area (Å²) in [5, 5.41) is 0. The van der Waals surface area contributed by atoms with Crippen LogP contribution in [0, 0.1) is 20.8 Å². The van der Waals surface area contributed by atoms with E-state index in [-0.39, 0.29) is 37.7 Å². The van der Waals surface area contributed by atoms with Crippen LogP contribution in [-0.4, -0.2) is 37.3 Å². The van der Waals surface area contributed by atoms with E-state index in [4.69, 9.17) is 6.72 Å². The van der Waals surface area contributed by atoms with Gasteiger partial charge in [-0.15, -0.1) is 11.6 Å². The van der Waals surface area contributed by atoms with E-state index in [1.54, 1.807) is 32.9 Å². The molecule has 0 aliphatic heterocycles. The standard InChI is InChI=1S/C15H18F3N2O.C2H5.Li/c1-10-11(2)13(19-3)7-6-12(10)14(21)20(4)9-5-8-15(16,17)18;1-2;/h3,6-7H,5,8-9H2,1-2,4H3;1H2,2H3;/q2*-1;+1. The molecule has 1 aromatic carbocycles. The molecule has 0 aromatic heterocycles. The van der Waals surface area contributed by atoms with E-state index in [1.165, 1.54) is 11.9 Å². The molecule has 1 amide bonds. The van der Waals surface area contributed by atoms with Crippen molar-refractivity contribution < 1.29 is 36.8 Å². The van der Waals surface area contributed by atoms with Gasteiger partial charge in [0.05, 0.1) is 0 Å². The van der Waals surface area contributed by atoms with Crippen LogP contribution in [0.5, 0.6) is 0 Å². The van der Waals surface area contributed by atoms with E-state index in [0.29, 0.717) is 11.3 Å². The number of benzene rings is 1. The molecule has 24 heavy (non-hydrogen) atoms. The van der Waals surface area contributed by atoms with Crippen LogP contribution >= 0.6 is 0 Å². The first kappa shape index (κ1) is 25.0. The minimum absolute atomic E-state index is 0. The SMILES string of the molecule is [CH-]=Nc1ccc(C(=O)N(C)CCCC(F)(F)F)c(C)c1C.[CH2-]C.[Li+]. The Labute approximate surface area is 154 Å². The largest absolute Gasteiger partial charge is 1.00 e. The van der Waals surface area contributed by atoms with Crippen LogP contribution < -0.4 is 18.9 Å². The van der Waals surface area contributed by atoms with Crippen LogP contribution in [0.3, 0.4) is 0 Å². The van der Waals surface area contributed by atoms with Gasteiger partial charge in [-0.25, -0.2) is 0 Å². The Hall–Kier alpha value is -1.25. The van der Waals surface area contributed by atoms with Crippen LogP contribution in [0.15, 0.2) is 17.1 Å². The third-order valence-corrected chi connectivity index (χ3v) is 3.43. The third-order valence-electron chi connectivity index (χ3n) is 3.43. The zero-order valence-electron chi connectivity index (χ0n) is 15.0. The van der Waals surface area contributed by atoms with Gasteiger partial charge in [0, 0.05) is 25.6 Å². The molecular formula is C17H23F3LiN2O-. The third kappa shape index (κ3) is 7.54. The summed E-state index contributed by atoms with van der Waals surface area (Å²) in [5.41, 5.74) is 2.56. The number of alkyl halides is 3. The van der Waals surface area contributed by atoms with E-state index in [0.717, 1.165) is 11.1 Å². The van der Waals surface area contributed by atoms with Crippen LogP contribution in [0.2, 0.25) is 0 Å². The topological polar surface area (TPSA) is 32.7 Å². The zero-order valence-corrected chi connectivity index (χ0v) is 15.0. The first-order chi connectivity index (χ1) is 10.7. The number of aliphatic imine (C=N–C) groups is 1. The maximum absolute atomic E-state index is 12.3. The number of carbonyl (C=O) groups excluding carboxylic acids is 1. The van der Waals surface area contributed by atoms with Gasteiger partial charge in [-0.2, -0.15) is 26.8 Å². The molecular weight excluding hydrogens is 312 g/mol. The number of amides is 1. The van der Waals surface area contributed by atoms with Gasteiger partial charge in [0.15, 0.2) is 0 Å². The van der Waals surface area contributed by atoms with Crippen molar-refractivity contribution in [2.24, 2.45) is 4.99 Å². The van der Waals surface area contributed by atoms with Crippen molar-refractivity contribution in [3.63, 3.8) is 0 Å². The molecule has 0 aliphatic carbocycles.